The average Bonchev–Trinajstić information content (AvgIpc) is 2.73. The molecule has 0 aromatic heterocycles. The molecule has 0 bridgehead atoms. The second-order valence-corrected chi connectivity index (χ2v) is 7.16. The van der Waals surface area contributed by atoms with Gasteiger partial charge in [0.05, 0.1) is 12.8 Å². The molecule has 5 heteroatoms. The fraction of sp³-hybridized carbons (Fsp3) is 0.292. The van der Waals surface area contributed by atoms with Crippen molar-refractivity contribution in [2.75, 3.05) is 19.0 Å². The van der Waals surface area contributed by atoms with Crippen molar-refractivity contribution in [3.8, 4) is 5.75 Å². The molecule has 2 aromatic rings. The summed E-state index contributed by atoms with van der Waals surface area (Å²) in [6.07, 6.45) is 2.90. The number of ether oxygens (including phenoxy) is 1. The van der Waals surface area contributed by atoms with Crippen LogP contribution in [0, 0.1) is 6.92 Å². The van der Waals surface area contributed by atoms with Crippen LogP contribution in [0.25, 0.3) is 0 Å². The van der Waals surface area contributed by atoms with E-state index in [1.165, 1.54) is 0 Å². The highest BCUT2D eigenvalue weighted by molar-refractivity contribution is 6.06. The predicted molar refractivity (Wildman–Crippen MR) is 121 cm³/mol. The summed E-state index contributed by atoms with van der Waals surface area (Å²) in [5, 5.41) is 10.3. The minimum atomic E-state index is -0.187. The van der Waals surface area contributed by atoms with Crippen molar-refractivity contribution < 1.29 is 4.74 Å². The second-order valence-electron chi connectivity index (χ2n) is 7.16. The van der Waals surface area contributed by atoms with Crippen LogP contribution in [-0.4, -0.2) is 19.5 Å². The number of anilines is 1. The largest absolute Gasteiger partial charge is 0.496 e. The van der Waals surface area contributed by atoms with Crippen molar-refractivity contribution in [2.45, 2.75) is 33.4 Å². The van der Waals surface area contributed by atoms with E-state index in [1.54, 1.807) is 7.11 Å². The topological polar surface area (TPSA) is 57.7 Å². The molecule has 2 aromatic carbocycles. The van der Waals surface area contributed by atoms with Crippen molar-refractivity contribution in [1.29, 1.82) is 0 Å². The number of nitrogens with zero attached hydrogens (tertiary/aromatic N) is 1. The quantitative estimate of drug-likeness (QED) is 0.590. The summed E-state index contributed by atoms with van der Waals surface area (Å²) in [7, 11) is 1.69. The van der Waals surface area contributed by atoms with Gasteiger partial charge in [-0.2, -0.15) is 0 Å². The van der Waals surface area contributed by atoms with E-state index in [9.17, 15) is 0 Å². The third-order valence-corrected chi connectivity index (χ3v) is 4.87. The molecule has 152 valence electrons. The molecule has 29 heavy (non-hydrogen) atoms. The Balaban J connectivity index is 1.95. The van der Waals surface area contributed by atoms with Gasteiger partial charge in [-0.25, -0.2) is 4.99 Å². The molecule has 0 aliphatic carbocycles. The molecule has 1 aliphatic heterocycles. The van der Waals surface area contributed by atoms with Gasteiger partial charge in [0, 0.05) is 29.1 Å². The molecule has 0 saturated carbocycles. The first-order valence-corrected chi connectivity index (χ1v) is 9.98. The van der Waals surface area contributed by atoms with E-state index in [1.807, 2.05) is 43.3 Å². The number of allylic oxidation sites excluding steroid dienone is 2. The molecule has 3 rings (SSSR count). The Morgan fingerprint density at radius 2 is 2.00 bits per heavy atom. The Kier molecular flexibility index (Phi) is 6.60. The third-order valence-electron chi connectivity index (χ3n) is 4.87. The smallest absolute Gasteiger partial charge is 0.147 e. The molecule has 1 aliphatic rings. The predicted octanol–water partition coefficient (Wildman–Crippen LogP) is 4.88. The highest BCUT2D eigenvalue weighted by atomic mass is 16.5. The minimum Gasteiger partial charge on any atom is -0.496 e. The molecular formula is C24H30N4O. The maximum Gasteiger partial charge on any atom is 0.147 e. The van der Waals surface area contributed by atoms with Gasteiger partial charge in [0.1, 0.15) is 17.8 Å². The number of amidine groups is 1. The van der Waals surface area contributed by atoms with Crippen molar-refractivity contribution >= 4 is 11.5 Å². The molecule has 0 radical (unpaired) electrons. The zero-order valence-electron chi connectivity index (χ0n) is 17.7. The summed E-state index contributed by atoms with van der Waals surface area (Å²) < 4.78 is 5.52. The Morgan fingerprint density at radius 1 is 1.24 bits per heavy atom. The van der Waals surface area contributed by atoms with Gasteiger partial charge in [0.25, 0.3) is 0 Å². The van der Waals surface area contributed by atoms with Gasteiger partial charge in [-0.3, -0.25) is 0 Å². The van der Waals surface area contributed by atoms with Crippen LogP contribution < -0.4 is 20.7 Å². The van der Waals surface area contributed by atoms with Gasteiger partial charge >= 0.3 is 0 Å². The molecule has 0 fully saturated rings. The number of nitrogens with one attached hydrogen (secondary N) is 3. The van der Waals surface area contributed by atoms with Crippen molar-refractivity contribution in [3.05, 3.63) is 83.2 Å². The first-order chi connectivity index (χ1) is 14.0. The van der Waals surface area contributed by atoms with Crippen LogP contribution in [0.3, 0.4) is 0 Å². The first-order valence-electron chi connectivity index (χ1n) is 9.98. The number of rotatable bonds is 7. The lowest BCUT2D eigenvalue weighted by Gasteiger charge is -2.28. The van der Waals surface area contributed by atoms with Crippen LogP contribution in [0.2, 0.25) is 0 Å². The maximum atomic E-state index is 5.52. The van der Waals surface area contributed by atoms with Gasteiger partial charge in [-0.05, 0) is 44.0 Å². The molecule has 1 heterocycles. The van der Waals surface area contributed by atoms with Crippen molar-refractivity contribution in [3.63, 3.8) is 0 Å². The molecule has 0 amide bonds. The first kappa shape index (κ1) is 20.5. The monoisotopic (exact) mass is 390 g/mol. The lowest BCUT2D eigenvalue weighted by molar-refractivity contribution is 0.412. The summed E-state index contributed by atoms with van der Waals surface area (Å²) >= 11 is 0. The van der Waals surface area contributed by atoms with Gasteiger partial charge < -0.3 is 20.7 Å². The highest BCUT2D eigenvalue weighted by Crippen LogP contribution is 2.36. The summed E-state index contributed by atoms with van der Waals surface area (Å²) in [4.78, 5) is 4.94. The van der Waals surface area contributed by atoms with Gasteiger partial charge in [0.2, 0.25) is 0 Å². The van der Waals surface area contributed by atoms with Crippen LogP contribution in [0.5, 0.6) is 5.75 Å². The van der Waals surface area contributed by atoms with Crippen LogP contribution >= 0.6 is 0 Å². The fourth-order valence-corrected chi connectivity index (χ4v) is 3.38. The Labute approximate surface area is 173 Å². The zero-order valence-corrected chi connectivity index (χ0v) is 17.7. The number of aliphatic imine (C=N–C) groups is 1. The molecule has 3 N–H and O–H groups in total. The Morgan fingerprint density at radius 3 is 2.69 bits per heavy atom. The molecular weight excluding hydrogens is 360 g/mol. The van der Waals surface area contributed by atoms with Crippen molar-refractivity contribution in [1.82, 2.24) is 10.6 Å². The lowest BCUT2D eigenvalue weighted by Crippen LogP contribution is -2.30. The van der Waals surface area contributed by atoms with E-state index in [-0.39, 0.29) is 6.17 Å². The number of methoxy groups -OCH3 is 1. The SMILES string of the molecule is C=C(/C=C(/C)NCCC)NC1=NC(c2ccccc2)Nc2c1ccc(OC)c2C. The summed E-state index contributed by atoms with van der Waals surface area (Å²) in [5.74, 6) is 1.64. The summed E-state index contributed by atoms with van der Waals surface area (Å²) in [6.45, 7) is 11.4. The van der Waals surface area contributed by atoms with E-state index < -0.39 is 0 Å². The zero-order chi connectivity index (χ0) is 20.8. The van der Waals surface area contributed by atoms with E-state index in [0.717, 1.165) is 58.3 Å². The Bertz CT molecular complexity index is 931. The molecule has 1 atom stereocenters. The molecule has 5 nitrogen and oxygen atoms in total. The van der Waals surface area contributed by atoms with Gasteiger partial charge in [-0.15, -0.1) is 0 Å². The lowest BCUT2D eigenvalue weighted by atomic mass is 10.0. The normalized spacial score (nSPS) is 15.7. The number of benzene rings is 2. The van der Waals surface area contributed by atoms with Crippen molar-refractivity contribution in [2.24, 2.45) is 4.99 Å². The number of hydrogen-bond acceptors (Lipinski definition) is 5. The third kappa shape index (κ3) is 4.80. The highest BCUT2D eigenvalue weighted by Gasteiger charge is 2.24. The maximum absolute atomic E-state index is 5.52. The van der Waals surface area contributed by atoms with Gasteiger partial charge in [0.15, 0.2) is 0 Å². The van der Waals surface area contributed by atoms with Crippen LogP contribution in [0.1, 0.15) is 43.1 Å². The number of hydrogen-bond donors (Lipinski definition) is 3. The standard InChI is InChI=1S/C24H30N4O/c1-6-14-25-16(2)15-17(3)26-24-20-12-13-21(29-5)18(4)22(20)27-23(28-24)19-10-8-7-9-11-19/h7-13,15,23,25,27H,3,6,14H2,1-2,4-5H3,(H,26,28)/b16-15-. The van der Waals surface area contributed by atoms with E-state index >= 15 is 0 Å². The van der Waals surface area contributed by atoms with Gasteiger partial charge in [-0.1, -0.05) is 43.8 Å². The average molecular weight is 391 g/mol. The molecule has 0 saturated heterocycles. The van der Waals surface area contributed by atoms with Crippen LogP contribution in [-0.2, 0) is 0 Å². The van der Waals surface area contributed by atoms with E-state index in [0.29, 0.717) is 0 Å². The summed E-state index contributed by atoms with van der Waals surface area (Å²) in [5.41, 5.74) is 6.05. The Hall–Kier alpha value is -3.21. The van der Waals surface area contributed by atoms with Crippen LogP contribution in [0.15, 0.2) is 71.5 Å². The van der Waals surface area contributed by atoms with Crippen LogP contribution in [0.4, 0.5) is 5.69 Å². The molecule has 1 unspecified atom stereocenters. The van der Waals surface area contributed by atoms with E-state index in [4.69, 9.17) is 9.73 Å². The second kappa shape index (κ2) is 9.32. The minimum absolute atomic E-state index is 0.187. The fourth-order valence-electron chi connectivity index (χ4n) is 3.38. The van der Waals surface area contributed by atoms with E-state index in [2.05, 4.69) is 48.5 Å². The number of fused-ring (bicyclic) bond motifs is 1. The molecule has 0 spiro atoms. The summed E-state index contributed by atoms with van der Waals surface area (Å²) in [6, 6.07) is 14.2.